The zero-order valence-electron chi connectivity index (χ0n) is 12.9. The molecule has 0 spiro atoms. The topological polar surface area (TPSA) is 49.4 Å². The molecule has 4 aliphatic carbocycles. The highest BCUT2D eigenvalue weighted by Crippen LogP contribution is 2.55. The van der Waals surface area contributed by atoms with E-state index in [0.717, 1.165) is 24.3 Å². The van der Waals surface area contributed by atoms with E-state index in [9.17, 15) is 9.59 Å². The molecular weight excluding hydrogens is 264 g/mol. The highest BCUT2D eigenvalue weighted by molar-refractivity contribution is 5.89. The van der Waals surface area contributed by atoms with Gasteiger partial charge in [-0.3, -0.25) is 9.59 Å². The number of nitrogens with one attached hydrogen (secondary N) is 1. The molecule has 1 N–H and O–H groups in total. The van der Waals surface area contributed by atoms with E-state index in [4.69, 9.17) is 0 Å². The van der Waals surface area contributed by atoms with Crippen LogP contribution in [0.1, 0.15) is 51.9 Å². The maximum absolute atomic E-state index is 12.6. The van der Waals surface area contributed by atoms with E-state index in [1.54, 1.807) is 0 Å². The van der Waals surface area contributed by atoms with Crippen LogP contribution < -0.4 is 5.32 Å². The van der Waals surface area contributed by atoms with Gasteiger partial charge in [0.05, 0.1) is 5.92 Å². The first-order valence-corrected chi connectivity index (χ1v) is 8.67. The molecule has 1 atom stereocenters. The average Bonchev–Trinajstić information content (AvgIpc) is 2.78. The minimum Gasteiger partial charge on any atom is -0.350 e. The molecule has 5 fully saturated rings. The van der Waals surface area contributed by atoms with Gasteiger partial charge in [0, 0.05) is 25.0 Å². The van der Waals surface area contributed by atoms with Crippen LogP contribution >= 0.6 is 0 Å². The molecule has 21 heavy (non-hydrogen) atoms. The molecule has 0 aromatic rings. The molecule has 5 aliphatic rings. The molecule has 0 aromatic carbocycles. The fourth-order valence-electron chi connectivity index (χ4n) is 5.88. The lowest BCUT2D eigenvalue weighted by Crippen LogP contribution is -2.60. The van der Waals surface area contributed by atoms with Crippen LogP contribution in [0.5, 0.6) is 0 Å². The summed E-state index contributed by atoms with van der Waals surface area (Å²) >= 11 is 0. The molecule has 1 unspecified atom stereocenters. The summed E-state index contributed by atoms with van der Waals surface area (Å²) in [7, 11) is 0. The van der Waals surface area contributed by atoms with Gasteiger partial charge >= 0.3 is 0 Å². The Balaban J connectivity index is 1.44. The van der Waals surface area contributed by atoms with Gasteiger partial charge in [-0.2, -0.15) is 0 Å². The summed E-state index contributed by atoms with van der Waals surface area (Å²) in [5, 5.41) is 3.41. The van der Waals surface area contributed by atoms with Crippen molar-refractivity contribution in [3.8, 4) is 0 Å². The van der Waals surface area contributed by atoms with Crippen molar-refractivity contribution in [1.82, 2.24) is 10.2 Å². The number of carbonyl (C=O) groups is 2. The molecule has 0 aromatic heterocycles. The Bertz CT molecular complexity index is 438. The molecular formula is C17H26N2O2. The monoisotopic (exact) mass is 290 g/mol. The molecule has 2 amide bonds. The number of amides is 2. The number of carbonyl (C=O) groups excluding carboxylic acids is 2. The van der Waals surface area contributed by atoms with Gasteiger partial charge < -0.3 is 10.2 Å². The lowest BCUT2D eigenvalue weighted by molar-refractivity contribution is -0.131. The van der Waals surface area contributed by atoms with Gasteiger partial charge in [0.1, 0.15) is 0 Å². The Morgan fingerprint density at radius 2 is 1.76 bits per heavy atom. The van der Waals surface area contributed by atoms with Gasteiger partial charge in [-0.25, -0.2) is 0 Å². The lowest BCUT2D eigenvalue weighted by atomic mass is 9.53. The second-order valence-corrected chi connectivity index (χ2v) is 8.02. The highest BCUT2D eigenvalue weighted by atomic mass is 16.2. The van der Waals surface area contributed by atoms with E-state index in [1.807, 2.05) is 11.8 Å². The van der Waals surface area contributed by atoms with Crippen molar-refractivity contribution in [1.29, 1.82) is 0 Å². The molecule has 4 nitrogen and oxygen atoms in total. The van der Waals surface area contributed by atoms with Gasteiger partial charge in [-0.1, -0.05) is 0 Å². The predicted molar refractivity (Wildman–Crippen MR) is 79.4 cm³/mol. The molecule has 4 saturated carbocycles. The van der Waals surface area contributed by atoms with Crippen molar-refractivity contribution in [3.05, 3.63) is 0 Å². The summed E-state index contributed by atoms with van der Waals surface area (Å²) in [6, 6.07) is 0. The first-order chi connectivity index (χ1) is 10.1. The van der Waals surface area contributed by atoms with Gasteiger partial charge in [-0.05, 0) is 63.2 Å². The molecule has 0 radical (unpaired) electrons. The summed E-state index contributed by atoms with van der Waals surface area (Å²) in [6.07, 6.45) is 8.13. The van der Waals surface area contributed by atoms with Crippen molar-refractivity contribution < 1.29 is 9.59 Å². The molecule has 4 bridgehead atoms. The summed E-state index contributed by atoms with van der Waals surface area (Å²) in [6.45, 7) is 3.32. The second-order valence-electron chi connectivity index (χ2n) is 8.02. The molecule has 1 saturated heterocycles. The maximum Gasteiger partial charge on any atom is 0.225 e. The number of likely N-dealkylation sites (tertiary alicyclic amines) is 1. The summed E-state index contributed by atoms with van der Waals surface area (Å²) in [5.74, 6) is 2.69. The molecule has 4 heteroatoms. The first-order valence-electron chi connectivity index (χ1n) is 8.67. The van der Waals surface area contributed by atoms with Crippen molar-refractivity contribution >= 4 is 11.8 Å². The number of hydrogen-bond donors (Lipinski definition) is 1. The van der Waals surface area contributed by atoms with Gasteiger partial charge in [0.2, 0.25) is 11.8 Å². The highest BCUT2D eigenvalue weighted by Gasteiger charge is 2.52. The van der Waals surface area contributed by atoms with Crippen LogP contribution in [0.4, 0.5) is 0 Å². The van der Waals surface area contributed by atoms with Gasteiger partial charge in [0.15, 0.2) is 0 Å². The summed E-state index contributed by atoms with van der Waals surface area (Å²) in [4.78, 5) is 26.3. The minimum atomic E-state index is -0.120. The van der Waals surface area contributed by atoms with Crippen LogP contribution in [-0.2, 0) is 9.59 Å². The lowest BCUT2D eigenvalue weighted by Gasteiger charge is -2.57. The third kappa shape index (κ3) is 2.27. The first kappa shape index (κ1) is 13.6. The Labute approximate surface area is 126 Å². The van der Waals surface area contributed by atoms with Crippen LogP contribution in [0.15, 0.2) is 0 Å². The summed E-state index contributed by atoms with van der Waals surface area (Å²) in [5.41, 5.74) is 0.0779. The van der Waals surface area contributed by atoms with Crippen LogP contribution in [-0.4, -0.2) is 35.3 Å². The van der Waals surface area contributed by atoms with Gasteiger partial charge in [-0.15, -0.1) is 0 Å². The smallest absolute Gasteiger partial charge is 0.225 e. The minimum absolute atomic E-state index is 0.0779. The second kappa shape index (κ2) is 4.72. The Morgan fingerprint density at radius 1 is 1.19 bits per heavy atom. The average molecular weight is 290 g/mol. The van der Waals surface area contributed by atoms with E-state index in [1.165, 1.54) is 38.5 Å². The van der Waals surface area contributed by atoms with E-state index in [0.29, 0.717) is 13.0 Å². The SMILES string of the molecule is CCN1CC(C(=O)NC23CC4CC(CC(C4)C2)C3)CC1=O. The van der Waals surface area contributed by atoms with Crippen molar-refractivity contribution in [2.75, 3.05) is 13.1 Å². The van der Waals surface area contributed by atoms with Crippen LogP contribution in [0.25, 0.3) is 0 Å². The third-order valence-electron chi connectivity index (χ3n) is 6.39. The van der Waals surface area contributed by atoms with Crippen LogP contribution in [0.3, 0.4) is 0 Å². The van der Waals surface area contributed by atoms with Crippen LogP contribution in [0, 0.1) is 23.7 Å². The van der Waals surface area contributed by atoms with E-state index < -0.39 is 0 Å². The number of hydrogen-bond acceptors (Lipinski definition) is 2. The predicted octanol–water partition coefficient (Wildman–Crippen LogP) is 1.94. The zero-order valence-corrected chi connectivity index (χ0v) is 12.9. The van der Waals surface area contributed by atoms with Crippen molar-refractivity contribution in [3.63, 3.8) is 0 Å². The number of nitrogens with zero attached hydrogens (tertiary/aromatic N) is 1. The Kier molecular flexibility index (Phi) is 3.05. The van der Waals surface area contributed by atoms with Crippen LogP contribution in [0.2, 0.25) is 0 Å². The fourth-order valence-corrected chi connectivity index (χ4v) is 5.88. The molecule has 1 heterocycles. The molecule has 5 rings (SSSR count). The third-order valence-corrected chi connectivity index (χ3v) is 6.39. The van der Waals surface area contributed by atoms with E-state index in [-0.39, 0.29) is 23.3 Å². The van der Waals surface area contributed by atoms with Crippen molar-refractivity contribution in [2.24, 2.45) is 23.7 Å². The Morgan fingerprint density at radius 3 is 2.24 bits per heavy atom. The Hall–Kier alpha value is -1.06. The molecule has 116 valence electrons. The van der Waals surface area contributed by atoms with E-state index in [2.05, 4.69) is 5.32 Å². The largest absolute Gasteiger partial charge is 0.350 e. The molecule has 1 aliphatic heterocycles. The normalized spacial score (nSPS) is 44.4. The number of rotatable bonds is 3. The van der Waals surface area contributed by atoms with Crippen molar-refractivity contribution in [2.45, 2.75) is 57.4 Å². The maximum atomic E-state index is 12.6. The summed E-state index contributed by atoms with van der Waals surface area (Å²) < 4.78 is 0. The van der Waals surface area contributed by atoms with Gasteiger partial charge in [0.25, 0.3) is 0 Å². The zero-order chi connectivity index (χ0) is 14.6. The standard InChI is InChI=1S/C17H26N2O2/c1-2-19-10-14(6-15(19)20)16(21)18-17-7-11-3-12(8-17)5-13(4-11)9-17/h11-14H,2-10H2,1H3,(H,18,21). The van der Waals surface area contributed by atoms with E-state index >= 15 is 0 Å². The fraction of sp³-hybridized carbons (Fsp3) is 0.882. The quantitative estimate of drug-likeness (QED) is 0.863.